The van der Waals surface area contributed by atoms with Crippen molar-refractivity contribution in [1.29, 1.82) is 0 Å². The molecule has 104 valence electrons. The standard InChI is InChI=1S/C9H7NO2.C3H7NO.C2H6/c1-10-8(11)6-4-2-3-5-7(6)9(10)12;1-3(5)4-2;1-2/h2-5H,1H3;1-2H3,(H,4,5);1-2H3. The molecule has 1 aromatic rings. The number of benzene rings is 1. The molecule has 1 N–H and O–H groups in total. The van der Waals surface area contributed by atoms with Crippen molar-refractivity contribution >= 4 is 17.7 Å². The zero-order valence-electron chi connectivity index (χ0n) is 12.0. The fourth-order valence-corrected chi connectivity index (χ4v) is 1.31. The van der Waals surface area contributed by atoms with Crippen molar-refractivity contribution in [1.82, 2.24) is 10.2 Å². The third kappa shape index (κ3) is 4.21. The number of rotatable bonds is 0. The topological polar surface area (TPSA) is 66.5 Å². The summed E-state index contributed by atoms with van der Waals surface area (Å²) in [5, 5.41) is 2.39. The Morgan fingerprint density at radius 2 is 1.37 bits per heavy atom. The van der Waals surface area contributed by atoms with Crippen LogP contribution in [-0.2, 0) is 4.79 Å². The van der Waals surface area contributed by atoms with Crippen molar-refractivity contribution < 1.29 is 14.4 Å². The van der Waals surface area contributed by atoms with Crippen LogP contribution < -0.4 is 5.32 Å². The van der Waals surface area contributed by atoms with Gasteiger partial charge < -0.3 is 5.32 Å². The first-order valence-corrected chi connectivity index (χ1v) is 6.08. The number of imide groups is 1. The summed E-state index contributed by atoms with van der Waals surface area (Å²) in [5.41, 5.74) is 1.01. The Morgan fingerprint density at radius 3 is 1.63 bits per heavy atom. The van der Waals surface area contributed by atoms with Gasteiger partial charge in [0.1, 0.15) is 0 Å². The number of nitrogens with one attached hydrogen (secondary N) is 1. The van der Waals surface area contributed by atoms with E-state index in [0.29, 0.717) is 11.1 Å². The van der Waals surface area contributed by atoms with Crippen LogP contribution in [0.5, 0.6) is 0 Å². The van der Waals surface area contributed by atoms with Crippen LogP contribution in [0.4, 0.5) is 0 Å². The lowest BCUT2D eigenvalue weighted by Crippen LogP contribution is -2.24. The van der Waals surface area contributed by atoms with Crippen LogP contribution in [0, 0.1) is 0 Å². The molecule has 0 aromatic heterocycles. The number of carbonyl (C=O) groups is 3. The third-order valence-corrected chi connectivity index (χ3v) is 2.35. The number of amides is 3. The summed E-state index contributed by atoms with van der Waals surface area (Å²) in [5.74, 6) is -0.420. The molecule has 0 unspecified atom stereocenters. The Bertz CT molecular complexity index is 435. The largest absolute Gasteiger partial charge is 0.359 e. The monoisotopic (exact) mass is 264 g/mol. The van der Waals surface area contributed by atoms with E-state index in [9.17, 15) is 14.4 Å². The SMILES string of the molecule is CC.CN1C(=O)c2ccccc2C1=O.CNC(C)=O. The predicted octanol–water partition coefficient (Wildman–Crippen LogP) is 1.69. The molecule has 1 aliphatic heterocycles. The first-order chi connectivity index (χ1) is 8.99. The lowest BCUT2D eigenvalue weighted by Gasteiger charge is -2.02. The van der Waals surface area contributed by atoms with Crippen LogP contribution >= 0.6 is 0 Å². The van der Waals surface area contributed by atoms with E-state index in [1.165, 1.54) is 14.0 Å². The molecule has 1 heterocycles. The van der Waals surface area contributed by atoms with E-state index in [4.69, 9.17) is 0 Å². The van der Waals surface area contributed by atoms with Gasteiger partial charge in [0.25, 0.3) is 11.8 Å². The molecule has 3 amide bonds. The molecule has 2 rings (SSSR count). The zero-order chi connectivity index (χ0) is 15.0. The molecule has 19 heavy (non-hydrogen) atoms. The second-order valence-corrected chi connectivity index (χ2v) is 3.52. The lowest BCUT2D eigenvalue weighted by molar-refractivity contribution is -0.118. The van der Waals surface area contributed by atoms with Crippen molar-refractivity contribution in [2.75, 3.05) is 14.1 Å². The molecule has 0 saturated carbocycles. The fraction of sp³-hybridized carbons (Fsp3) is 0.357. The van der Waals surface area contributed by atoms with Crippen LogP contribution in [-0.4, -0.2) is 36.7 Å². The van der Waals surface area contributed by atoms with Crippen molar-refractivity contribution in [3.05, 3.63) is 35.4 Å². The van der Waals surface area contributed by atoms with Gasteiger partial charge in [-0.1, -0.05) is 26.0 Å². The van der Waals surface area contributed by atoms with E-state index in [2.05, 4.69) is 5.32 Å². The van der Waals surface area contributed by atoms with E-state index in [1.54, 1.807) is 31.3 Å². The van der Waals surface area contributed by atoms with Crippen molar-refractivity contribution in [2.24, 2.45) is 0 Å². The smallest absolute Gasteiger partial charge is 0.261 e. The Balaban J connectivity index is 0.000000396. The van der Waals surface area contributed by atoms with Gasteiger partial charge in [-0.15, -0.1) is 0 Å². The number of hydrogen-bond donors (Lipinski definition) is 1. The van der Waals surface area contributed by atoms with Crippen LogP contribution in [0.2, 0.25) is 0 Å². The van der Waals surface area contributed by atoms with Gasteiger partial charge in [-0.25, -0.2) is 0 Å². The van der Waals surface area contributed by atoms with E-state index in [0.717, 1.165) is 4.90 Å². The molecule has 1 aliphatic rings. The maximum atomic E-state index is 11.3. The molecule has 0 bridgehead atoms. The Labute approximate surface area is 113 Å². The normalized spacial score (nSPS) is 11.7. The molecule has 0 aliphatic carbocycles. The van der Waals surface area contributed by atoms with Crippen molar-refractivity contribution in [3.8, 4) is 0 Å². The van der Waals surface area contributed by atoms with Gasteiger partial charge in [0, 0.05) is 21.0 Å². The highest BCUT2D eigenvalue weighted by Gasteiger charge is 2.31. The summed E-state index contributed by atoms with van der Waals surface area (Å²) in [4.78, 5) is 33.5. The molecular formula is C14H20N2O3. The summed E-state index contributed by atoms with van der Waals surface area (Å²) >= 11 is 0. The second-order valence-electron chi connectivity index (χ2n) is 3.52. The molecule has 0 radical (unpaired) electrons. The molecule has 0 spiro atoms. The molecule has 5 heteroatoms. The molecule has 0 saturated heterocycles. The summed E-state index contributed by atoms with van der Waals surface area (Å²) in [7, 11) is 3.09. The average molecular weight is 264 g/mol. The van der Waals surface area contributed by atoms with Gasteiger partial charge in [-0.2, -0.15) is 0 Å². The van der Waals surface area contributed by atoms with Crippen LogP contribution in [0.1, 0.15) is 41.5 Å². The maximum Gasteiger partial charge on any atom is 0.261 e. The van der Waals surface area contributed by atoms with Crippen LogP contribution in [0.15, 0.2) is 24.3 Å². The van der Waals surface area contributed by atoms with E-state index >= 15 is 0 Å². The van der Waals surface area contributed by atoms with Gasteiger partial charge in [-0.05, 0) is 12.1 Å². The Hall–Kier alpha value is -2.17. The minimum Gasteiger partial charge on any atom is -0.359 e. The van der Waals surface area contributed by atoms with Crippen LogP contribution in [0.3, 0.4) is 0 Å². The lowest BCUT2D eigenvalue weighted by atomic mass is 10.1. The number of nitrogens with zero attached hydrogens (tertiary/aromatic N) is 1. The summed E-state index contributed by atoms with van der Waals surface area (Å²) in [6.45, 7) is 5.47. The summed E-state index contributed by atoms with van der Waals surface area (Å²) in [6.07, 6.45) is 0. The van der Waals surface area contributed by atoms with E-state index in [1.807, 2.05) is 13.8 Å². The van der Waals surface area contributed by atoms with Gasteiger partial charge in [0.2, 0.25) is 5.91 Å². The summed E-state index contributed by atoms with van der Waals surface area (Å²) < 4.78 is 0. The molecule has 0 atom stereocenters. The Kier molecular flexibility index (Phi) is 7.11. The quantitative estimate of drug-likeness (QED) is 0.725. The highest BCUT2D eigenvalue weighted by molar-refractivity contribution is 6.21. The first-order valence-electron chi connectivity index (χ1n) is 6.08. The van der Waals surface area contributed by atoms with Crippen molar-refractivity contribution in [2.45, 2.75) is 20.8 Å². The number of carbonyl (C=O) groups excluding carboxylic acids is 3. The highest BCUT2D eigenvalue weighted by Crippen LogP contribution is 2.20. The van der Waals surface area contributed by atoms with E-state index in [-0.39, 0.29) is 17.7 Å². The fourth-order valence-electron chi connectivity index (χ4n) is 1.31. The van der Waals surface area contributed by atoms with E-state index < -0.39 is 0 Å². The Morgan fingerprint density at radius 1 is 1.05 bits per heavy atom. The molecular weight excluding hydrogens is 244 g/mol. The first kappa shape index (κ1) is 16.8. The number of hydrogen-bond acceptors (Lipinski definition) is 3. The zero-order valence-corrected chi connectivity index (χ0v) is 12.0. The number of fused-ring (bicyclic) bond motifs is 1. The minimum atomic E-state index is -0.212. The second kappa shape index (κ2) is 8.02. The molecule has 5 nitrogen and oxygen atoms in total. The highest BCUT2D eigenvalue weighted by atomic mass is 16.2. The summed E-state index contributed by atoms with van der Waals surface area (Å²) in [6, 6.07) is 6.84. The van der Waals surface area contributed by atoms with Gasteiger partial charge in [0.05, 0.1) is 11.1 Å². The van der Waals surface area contributed by atoms with Gasteiger partial charge in [-0.3, -0.25) is 19.3 Å². The van der Waals surface area contributed by atoms with Crippen molar-refractivity contribution in [3.63, 3.8) is 0 Å². The average Bonchev–Trinajstić information content (AvgIpc) is 2.67. The predicted molar refractivity (Wildman–Crippen MR) is 74.0 cm³/mol. The maximum absolute atomic E-state index is 11.3. The minimum absolute atomic E-state index is 0.00463. The van der Waals surface area contributed by atoms with Crippen LogP contribution in [0.25, 0.3) is 0 Å². The molecule has 1 aromatic carbocycles. The molecule has 0 fully saturated rings. The van der Waals surface area contributed by atoms with Gasteiger partial charge >= 0.3 is 0 Å². The van der Waals surface area contributed by atoms with Gasteiger partial charge in [0.15, 0.2) is 0 Å². The third-order valence-electron chi connectivity index (χ3n) is 2.35.